The number of carbonyl (C=O) groups is 4. The number of benzene rings is 3. The van der Waals surface area contributed by atoms with Crippen LogP contribution in [0.5, 0.6) is 5.75 Å². The van der Waals surface area contributed by atoms with Crippen molar-refractivity contribution in [1.29, 1.82) is 0 Å². The summed E-state index contributed by atoms with van der Waals surface area (Å²) in [6.45, 7) is 13.1. The number of carbonyl (C=O) groups excluding carboxylic acids is 4. The predicted octanol–water partition coefficient (Wildman–Crippen LogP) is 5.81. The first-order chi connectivity index (χ1) is 25.4. The van der Waals surface area contributed by atoms with Crippen molar-refractivity contribution >= 4 is 23.9 Å². The molecule has 4 unspecified atom stereocenters. The zero-order valence-corrected chi connectivity index (χ0v) is 30.9. The Morgan fingerprint density at radius 3 is 1.92 bits per heavy atom. The zero-order chi connectivity index (χ0) is 38.6. The van der Waals surface area contributed by atoms with Crippen LogP contribution in [0.3, 0.4) is 0 Å². The highest BCUT2D eigenvalue weighted by Gasteiger charge is 2.32. The molecule has 3 amide bonds. The number of allylic oxidation sites excluding steroid dienone is 1. The summed E-state index contributed by atoms with van der Waals surface area (Å²) in [4.78, 5) is 52.2. The molecule has 4 atom stereocenters. The Morgan fingerprint density at radius 1 is 0.755 bits per heavy atom. The van der Waals surface area contributed by atoms with E-state index in [2.05, 4.69) is 29.1 Å². The van der Waals surface area contributed by atoms with Crippen molar-refractivity contribution in [3.63, 3.8) is 0 Å². The smallest absolute Gasteiger partial charge is 0.408 e. The molecule has 0 bridgehead atoms. The van der Waals surface area contributed by atoms with Crippen LogP contribution in [0.2, 0.25) is 0 Å². The first-order valence-electron chi connectivity index (χ1n) is 17.7. The van der Waals surface area contributed by atoms with Crippen molar-refractivity contribution in [2.45, 2.75) is 77.8 Å². The van der Waals surface area contributed by atoms with Crippen LogP contribution in [0.1, 0.15) is 56.7 Å². The molecule has 53 heavy (non-hydrogen) atoms. The van der Waals surface area contributed by atoms with E-state index in [4.69, 9.17) is 14.2 Å². The van der Waals surface area contributed by atoms with Gasteiger partial charge in [0, 0.05) is 6.42 Å². The maximum absolute atomic E-state index is 13.5. The molecule has 0 aromatic heterocycles. The molecule has 11 nitrogen and oxygen atoms in total. The first-order valence-corrected chi connectivity index (χ1v) is 17.7. The quantitative estimate of drug-likeness (QED) is 0.0793. The molecule has 4 N–H and O–H groups in total. The van der Waals surface area contributed by atoms with Gasteiger partial charge >= 0.3 is 12.1 Å². The molecular formula is C42H53N3O8. The van der Waals surface area contributed by atoms with Gasteiger partial charge in [0.05, 0.1) is 24.6 Å². The number of aliphatic hydroxyl groups excluding tert-OH is 1. The lowest BCUT2D eigenvalue weighted by Gasteiger charge is -2.32. The summed E-state index contributed by atoms with van der Waals surface area (Å²) < 4.78 is 16.7. The van der Waals surface area contributed by atoms with E-state index in [-0.39, 0.29) is 39.1 Å². The van der Waals surface area contributed by atoms with Gasteiger partial charge in [0.2, 0.25) is 11.8 Å². The molecule has 3 aromatic rings. The van der Waals surface area contributed by atoms with Crippen LogP contribution in [-0.4, -0.2) is 60.3 Å². The molecule has 0 aliphatic carbocycles. The average molecular weight is 728 g/mol. The van der Waals surface area contributed by atoms with E-state index in [0.29, 0.717) is 18.8 Å². The Kier molecular flexibility index (Phi) is 17.3. The van der Waals surface area contributed by atoms with E-state index < -0.39 is 53.3 Å². The number of aliphatic hydroxyl groups is 1. The molecule has 0 aliphatic rings. The van der Waals surface area contributed by atoms with Gasteiger partial charge in [-0.15, -0.1) is 13.2 Å². The van der Waals surface area contributed by atoms with Crippen LogP contribution < -0.4 is 20.7 Å². The van der Waals surface area contributed by atoms with Gasteiger partial charge in [0.25, 0.3) is 0 Å². The second-order valence-corrected chi connectivity index (χ2v) is 13.8. The molecule has 0 fully saturated rings. The Hall–Kier alpha value is -5.42. The van der Waals surface area contributed by atoms with Gasteiger partial charge in [-0.2, -0.15) is 0 Å². The third-order valence-electron chi connectivity index (χ3n) is 8.44. The molecule has 0 spiro atoms. The minimum Gasteiger partial charge on any atom is -0.489 e. The molecule has 0 saturated carbocycles. The van der Waals surface area contributed by atoms with E-state index in [9.17, 15) is 24.3 Å². The van der Waals surface area contributed by atoms with E-state index in [1.807, 2.05) is 106 Å². The predicted molar refractivity (Wildman–Crippen MR) is 204 cm³/mol. The number of hydrogen-bond acceptors (Lipinski definition) is 8. The lowest BCUT2D eigenvalue weighted by atomic mass is 9.86. The van der Waals surface area contributed by atoms with Crippen molar-refractivity contribution < 1.29 is 38.5 Å². The third kappa shape index (κ3) is 15.4. The fourth-order valence-corrected chi connectivity index (χ4v) is 5.25. The van der Waals surface area contributed by atoms with Gasteiger partial charge in [-0.25, -0.2) is 9.59 Å². The van der Waals surface area contributed by atoms with Gasteiger partial charge in [0.15, 0.2) is 0 Å². The summed E-state index contributed by atoms with van der Waals surface area (Å²) in [7, 11) is 0. The lowest BCUT2D eigenvalue weighted by molar-refractivity contribution is -0.148. The summed E-state index contributed by atoms with van der Waals surface area (Å²) in [6.07, 6.45) is 2.83. The minimum atomic E-state index is -1.05. The monoisotopic (exact) mass is 727 g/mol. The van der Waals surface area contributed by atoms with Crippen molar-refractivity contribution in [2.75, 3.05) is 13.2 Å². The molecule has 284 valence electrons. The fraction of sp³-hybridized carbons (Fsp3) is 0.381. The van der Waals surface area contributed by atoms with Crippen LogP contribution in [0.4, 0.5) is 4.79 Å². The van der Waals surface area contributed by atoms with Crippen LogP contribution in [0.25, 0.3) is 0 Å². The molecule has 3 rings (SSSR count). The van der Waals surface area contributed by atoms with Gasteiger partial charge in [-0.1, -0.05) is 106 Å². The van der Waals surface area contributed by atoms with Crippen molar-refractivity contribution in [3.05, 3.63) is 127 Å². The van der Waals surface area contributed by atoms with Crippen molar-refractivity contribution in [1.82, 2.24) is 16.0 Å². The highest BCUT2D eigenvalue weighted by atomic mass is 16.6. The Morgan fingerprint density at radius 2 is 1.36 bits per heavy atom. The number of nitrogens with one attached hydrogen (secondary N) is 3. The number of ether oxygens (including phenoxy) is 3. The summed E-state index contributed by atoms with van der Waals surface area (Å²) in [5, 5.41) is 18.4. The van der Waals surface area contributed by atoms with Crippen LogP contribution >= 0.6 is 0 Å². The second kappa shape index (κ2) is 21.8. The van der Waals surface area contributed by atoms with Gasteiger partial charge in [-0.3, -0.25) is 9.59 Å². The molecule has 0 aliphatic heterocycles. The molecule has 0 heterocycles. The van der Waals surface area contributed by atoms with E-state index in [1.54, 1.807) is 6.08 Å². The third-order valence-corrected chi connectivity index (χ3v) is 8.44. The standard InChI is InChI=1S/C42H53N3O8/c1-6-14-33(25-38(47)43-34(26-46)24-30-20-22-35(23-21-30)51-27-31-16-10-8-11-17-31)39(48)45-37(42(3,4)5)29-52-40(49)36(15-7-2)44-41(50)53-28-32-18-12-9-13-19-32/h6-13,16-23,33-34,36-37,46H,1-2,14-15,24-29H2,3-5H3,(H,43,47)(H,44,50)(H,45,48). The van der Waals surface area contributed by atoms with Crippen LogP contribution in [0.15, 0.2) is 110 Å². The van der Waals surface area contributed by atoms with Gasteiger partial charge in [-0.05, 0) is 53.5 Å². The van der Waals surface area contributed by atoms with Gasteiger partial charge in [0.1, 0.15) is 31.6 Å². The number of alkyl carbamates (subject to hydrolysis) is 1. The lowest BCUT2D eigenvalue weighted by Crippen LogP contribution is -2.51. The van der Waals surface area contributed by atoms with Crippen LogP contribution in [0, 0.1) is 11.3 Å². The first kappa shape index (κ1) is 42.0. The normalized spacial score (nSPS) is 13.3. The highest BCUT2D eigenvalue weighted by Crippen LogP contribution is 2.22. The number of esters is 1. The number of hydrogen-bond donors (Lipinski definition) is 4. The number of rotatable bonds is 21. The van der Waals surface area contributed by atoms with Crippen molar-refractivity contribution in [2.24, 2.45) is 11.3 Å². The Labute approximate surface area is 312 Å². The molecule has 0 radical (unpaired) electrons. The SMILES string of the molecule is C=CCC(CC(=O)NC(CO)Cc1ccc(OCc2ccccc2)cc1)C(=O)NC(COC(=O)C(CC=C)NC(=O)OCc1ccccc1)C(C)(C)C. The van der Waals surface area contributed by atoms with E-state index in [1.165, 1.54) is 6.08 Å². The fourth-order valence-electron chi connectivity index (χ4n) is 5.25. The average Bonchev–Trinajstić information content (AvgIpc) is 3.14. The summed E-state index contributed by atoms with van der Waals surface area (Å²) in [6, 6.07) is 24.2. The topological polar surface area (TPSA) is 152 Å². The molecular weight excluding hydrogens is 674 g/mol. The summed E-state index contributed by atoms with van der Waals surface area (Å²) in [5.41, 5.74) is 2.20. The molecule has 0 saturated heterocycles. The Balaban J connectivity index is 1.53. The summed E-state index contributed by atoms with van der Waals surface area (Å²) >= 11 is 0. The minimum absolute atomic E-state index is 0.0325. The second-order valence-electron chi connectivity index (χ2n) is 13.8. The number of amides is 3. The van der Waals surface area contributed by atoms with Crippen molar-refractivity contribution in [3.8, 4) is 5.75 Å². The van der Waals surface area contributed by atoms with E-state index in [0.717, 1.165) is 16.7 Å². The van der Waals surface area contributed by atoms with Gasteiger partial charge < -0.3 is 35.3 Å². The van der Waals surface area contributed by atoms with Crippen LogP contribution in [-0.2, 0) is 43.5 Å². The maximum atomic E-state index is 13.5. The maximum Gasteiger partial charge on any atom is 0.408 e. The highest BCUT2D eigenvalue weighted by molar-refractivity contribution is 5.86. The molecule has 11 heteroatoms. The van der Waals surface area contributed by atoms with E-state index >= 15 is 0 Å². The largest absolute Gasteiger partial charge is 0.489 e. The Bertz CT molecular complexity index is 1610. The zero-order valence-electron chi connectivity index (χ0n) is 30.9. The summed E-state index contributed by atoms with van der Waals surface area (Å²) in [5.74, 6) is -1.58. The molecule has 3 aromatic carbocycles.